The van der Waals surface area contributed by atoms with Gasteiger partial charge in [0.15, 0.2) is 0 Å². The van der Waals surface area contributed by atoms with Gasteiger partial charge in [0.2, 0.25) is 0 Å². The average molecular weight is 184 g/mol. The van der Waals surface area contributed by atoms with E-state index in [0.717, 1.165) is 0 Å². The van der Waals surface area contributed by atoms with Crippen molar-refractivity contribution in [3.05, 3.63) is 48.2 Å². The van der Waals surface area contributed by atoms with Crippen LogP contribution in [0.5, 0.6) is 0 Å². The lowest BCUT2D eigenvalue weighted by molar-refractivity contribution is 0.153. The zero-order valence-corrected chi connectivity index (χ0v) is 8.10. The standard InChI is InChI=1S/C13H12O/c1-2-6-11-9-10-14-13(11)12-7-4-3-5-8-12/h3-5,7-11,13H,1H3/t11-,13-/m0/s1. The Kier molecular flexibility index (Phi) is 2.55. The Morgan fingerprint density at radius 1 is 1.21 bits per heavy atom. The summed E-state index contributed by atoms with van der Waals surface area (Å²) in [6, 6.07) is 10.2. The topological polar surface area (TPSA) is 9.23 Å². The van der Waals surface area contributed by atoms with Crippen molar-refractivity contribution in [3.63, 3.8) is 0 Å². The fourth-order valence-electron chi connectivity index (χ4n) is 1.62. The van der Waals surface area contributed by atoms with E-state index < -0.39 is 0 Å². The van der Waals surface area contributed by atoms with Crippen molar-refractivity contribution >= 4 is 0 Å². The number of benzene rings is 1. The van der Waals surface area contributed by atoms with Crippen LogP contribution in [0.1, 0.15) is 18.6 Å². The van der Waals surface area contributed by atoms with Crippen LogP contribution < -0.4 is 0 Å². The average Bonchev–Trinajstić information content (AvgIpc) is 2.68. The lowest BCUT2D eigenvalue weighted by atomic mass is 9.97. The maximum absolute atomic E-state index is 5.52. The smallest absolute Gasteiger partial charge is 0.140 e. The predicted molar refractivity (Wildman–Crippen MR) is 56.3 cm³/mol. The van der Waals surface area contributed by atoms with Gasteiger partial charge in [-0.05, 0) is 18.6 Å². The number of hydrogen-bond acceptors (Lipinski definition) is 1. The molecule has 0 spiro atoms. The first-order valence-electron chi connectivity index (χ1n) is 4.71. The van der Waals surface area contributed by atoms with Gasteiger partial charge in [-0.15, -0.1) is 5.92 Å². The predicted octanol–water partition coefficient (Wildman–Crippen LogP) is 2.91. The molecule has 1 aliphatic rings. The molecule has 0 fully saturated rings. The van der Waals surface area contributed by atoms with E-state index >= 15 is 0 Å². The van der Waals surface area contributed by atoms with E-state index in [9.17, 15) is 0 Å². The molecule has 0 N–H and O–H groups in total. The van der Waals surface area contributed by atoms with Crippen molar-refractivity contribution < 1.29 is 4.74 Å². The van der Waals surface area contributed by atoms with Gasteiger partial charge >= 0.3 is 0 Å². The molecule has 1 heterocycles. The van der Waals surface area contributed by atoms with Crippen molar-refractivity contribution in [1.29, 1.82) is 0 Å². The zero-order valence-electron chi connectivity index (χ0n) is 8.10. The van der Waals surface area contributed by atoms with E-state index in [4.69, 9.17) is 4.74 Å². The second kappa shape index (κ2) is 4.02. The lowest BCUT2D eigenvalue weighted by Crippen LogP contribution is -2.05. The highest BCUT2D eigenvalue weighted by molar-refractivity contribution is 5.26. The number of hydrogen-bond donors (Lipinski definition) is 0. The minimum Gasteiger partial charge on any atom is -0.492 e. The highest BCUT2D eigenvalue weighted by Crippen LogP contribution is 2.31. The van der Waals surface area contributed by atoms with Crippen molar-refractivity contribution in [2.24, 2.45) is 5.92 Å². The van der Waals surface area contributed by atoms with E-state index in [1.54, 1.807) is 6.26 Å². The monoisotopic (exact) mass is 184 g/mol. The quantitative estimate of drug-likeness (QED) is 0.610. The molecule has 2 rings (SSSR count). The molecule has 2 atom stereocenters. The summed E-state index contributed by atoms with van der Waals surface area (Å²) in [5.41, 5.74) is 1.19. The van der Waals surface area contributed by atoms with E-state index in [0.29, 0.717) is 0 Å². The molecule has 0 aromatic heterocycles. The summed E-state index contributed by atoms with van der Waals surface area (Å²) in [5.74, 6) is 6.26. The fraction of sp³-hybridized carbons (Fsp3) is 0.231. The summed E-state index contributed by atoms with van der Waals surface area (Å²) in [6.07, 6.45) is 3.82. The Hall–Kier alpha value is -1.68. The zero-order chi connectivity index (χ0) is 9.80. The normalized spacial score (nSPS) is 23.8. The number of rotatable bonds is 1. The van der Waals surface area contributed by atoms with Crippen LogP contribution in [0.25, 0.3) is 0 Å². The van der Waals surface area contributed by atoms with Crippen LogP contribution in [0.3, 0.4) is 0 Å². The SMILES string of the molecule is CC#C[C@H]1C=CO[C@@H]1c1ccccc1. The van der Waals surface area contributed by atoms with Crippen LogP contribution in [-0.2, 0) is 4.74 Å². The molecule has 1 aromatic carbocycles. The molecule has 0 saturated heterocycles. The van der Waals surface area contributed by atoms with Crippen LogP contribution in [0, 0.1) is 17.8 Å². The second-order valence-corrected chi connectivity index (χ2v) is 3.22. The maximum atomic E-state index is 5.52. The minimum absolute atomic E-state index is 0.0728. The molecule has 0 bridgehead atoms. The van der Waals surface area contributed by atoms with Crippen molar-refractivity contribution in [2.45, 2.75) is 13.0 Å². The van der Waals surface area contributed by atoms with Gasteiger partial charge < -0.3 is 4.74 Å². The Morgan fingerprint density at radius 3 is 2.71 bits per heavy atom. The molecule has 14 heavy (non-hydrogen) atoms. The molecule has 0 unspecified atom stereocenters. The Bertz CT molecular complexity index is 381. The third-order valence-corrected chi connectivity index (χ3v) is 2.28. The lowest BCUT2D eigenvalue weighted by Gasteiger charge is -2.14. The van der Waals surface area contributed by atoms with Crippen molar-refractivity contribution in [1.82, 2.24) is 0 Å². The molecule has 1 aromatic rings. The summed E-state index contributed by atoms with van der Waals surface area (Å²) in [6.45, 7) is 1.86. The Morgan fingerprint density at radius 2 is 2.00 bits per heavy atom. The van der Waals surface area contributed by atoms with Crippen LogP contribution in [0.4, 0.5) is 0 Å². The second-order valence-electron chi connectivity index (χ2n) is 3.22. The highest BCUT2D eigenvalue weighted by atomic mass is 16.5. The minimum atomic E-state index is 0.0728. The Labute approximate surface area is 84.4 Å². The molecule has 1 aliphatic heterocycles. The first-order chi connectivity index (χ1) is 6.92. The largest absolute Gasteiger partial charge is 0.492 e. The highest BCUT2D eigenvalue weighted by Gasteiger charge is 2.23. The summed E-state index contributed by atoms with van der Waals surface area (Å²) in [5, 5.41) is 0. The molecule has 0 radical (unpaired) electrons. The first kappa shape index (κ1) is 8.90. The van der Waals surface area contributed by atoms with E-state index in [1.807, 2.05) is 31.2 Å². The summed E-state index contributed by atoms with van der Waals surface area (Å²) in [7, 11) is 0. The van der Waals surface area contributed by atoms with E-state index in [-0.39, 0.29) is 12.0 Å². The van der Waals surface area contributed by atoms with Gasteiger partial charge in [0, 0.05) is 0 Å². The third-order valence-electron chi connectivity index (χ3n) is 2.28. The molecule has 1 nitrogen and oxygen atoms in total. The maximum Gasteiger partial charge on any atom is 0.140 e. The Balaban J connectivity index is 2.23. The van der Waals surface area contributed by atoms with Crippen LogP contribution in [0.15, 0.2) is 42.7 Å². The molecular weight excluding hydrogens is 172 g/mol. The summed E-state index contributed by atoms with van der Waals surface area (Å²) < 4.78 is 5.52. The molecule has 0 saturated carbocycles. The molecule has 0 aliphatic carbocycles. The van der Waals surface area contributed by atoms with Crippen molar-refractivity contribution in [2.75, 3.05) is 0 Å². The van der Waals surface area contributed by atoms with Crippen LogP contribution in [0.2, 0.25) is 0 Å². The summed E-state index contributed by atoms with van der Waals surface area (Å²) >= 11 is 0. The van der Waals surface area contributed by atoms with Gasteiger partial charge in [-0.3, -0.25) is 0 Å². The van der Waals surface area contributed by atoms with Crippen LogP contribution in [-0.4, -0.2) is 0 Å². The van der Waals surface area contributed by atoms with Gasteiger partial charge in [0.25, 0.3) is 0 Å². The van der Waals surface area contributed by atoms with Gasteiger partial charge in [-0.2, -0.15) is 0 Å². The van der Waals surface area contributed by atoms with Gasteiger partial charge in [-0.25, -0.2) is 0 Å². The van der Waals surface area contributed by atoms with Gasteiger partial charge in [0.1, 0.15) is 6.10 Å². The van der Waals surface area contributed by atoms with Gasteiger partial charge in [0.05, 0.1) is 12.2 Å². The molecule has 1 heteroatoms. The van der Waals surface area contributed by atoms with E-state index in [1.165, 1.54) is 5.56 Å². The summed E-state index contributed by atoms with van der Waals surface area (Å²) in [4.78, 5) is 0. The molecular formula is C13H12O. The number of ether oxygens (including phenoxy) is 1. The third kappa shape index (κ3) is 1.65. The van der Waals surface area contributed by atoms with Crippen LogP contribution >= 0.6 is 0 Å². The first-order valence-corrected chi connectivity index (χ1v) is 4.71. The van der Waals surface area contributed by atoms with E-state index in [2.05, 4.69) is 24.0 Å². The van der Waals surface area contributed by atoms with Gasteiger partial charge in [-0.1, -0.05) is 36.3 Å². The molecule has 0 amide bonds. The fourth-order valence-corrected chi connectivity index (χ4v) is 1.62. The molecule has 70 valence electrons. The van der Waals surface area contributed by atoms with Crippen molar-refractivity contribution in [3.8, 4) is 11.8 Å².